The van der Waals surface area contributed by atoms with Gasteiger partial charge < -0.3 is 20.3 Å². The number of methoxy groups -OCH3 is 1. The highest BCUT2D eigenvalue weighted by Crippen LogP contribution is 2.20. The molecule has 0 unspecified atom stereocenters. The Morgan fingerprint density at radius 3 is 2.67 bits per heavy atom. The molecule has 0 amide bonds. The molecular formula is C12H15NO5. The summed E-state index contributed by atoms with van der Waals surface area (Å²) in [5, 5.41) is 8.79. The van der Waals surface area contributed by atoms with Crippen LogP contribution in [0, 0.1) is 0 Å². The zero-order valence-corrected chi connectivity index (χ0v) is 10.0. The van der Waals surface area contributed by atoms with E-state index in [0.717, 1.165) is 0 Å². The van der Waals surface area contributed by atoms with Crippen LogP contribution in [0.4, 0.5) is 5.69 Å². The van der Waals surface area contributed by atoms with Crippen LogP contribution in [-0.4, -0.2) is 30.8 Å². The molecule has 0 aliphatic carbocycles. The van der Waals surface area contributed by atoms with Crippen LogP contribution in [0.2, 0.25) is 0 Å². The summed E-state index contributed by atoms with van der Waals surface area (Å²) in [6, 6.07) is 4.35. The minimum absolute atomic E-state index is 0.0388. The Morgan fingerprint density at radius 1 is 1.39 bits per heavy atom. The largest absolute Gasteiger partial charge is 0.494 e. The van der Waals surface area contributed by atoms with E-state index in [2.05, 4.69) is 4.74 Å². The number of carboxylic acids is 1. The number of nitrogen functional groups attached to an aromatic ring is 1. The van der Waals surface area contributed by atoms with E-state index < -0.39 is 5.97 Å². The molecule has 98 valence electrons. The van der Waals surface area contributed by atoms with Crippen LogP contribution in [0.3, 0.4) is 0 Å². The maximum absolute atomic E-state index is 10.8. The number of esters is 1. The molecule has 0 aliphatic rings. The van der Waals surface area contributed by atoms with Crippen molar-refractivity contribution >= 4 is 17.6 Å². The number of ether oxygens (including phenoxy) is 2. The summed E-state index contributed by atoms with van der Waals surface area (Å²) < 4.78 is 9.82. The number of anilines is 1. The molecule has 0 spiro atoms. The average Bonchev–Trinajstić information content (AvgIpc) is 2.34. The van der Waals surface area contributed by atoms with Crippen LogP contribution in [0.1, 0.15) is 23.2 Å². The highest BCUT2D eigenvalue weighted by Gasteiger charge is 2.08. The first-order chi connectivity index (χ1) is 8.54. The first kappa shape index (κ1) is 13.8. The number of carbonyl (C=O) groups is 2. The Balaban J connectivity index is 2.46. The number of nitrogens with two attached hydrogens (primary N) is 1. The molecule has 0 atom stereocenters. The van der Waals surface area contributed by atoms with Gasteiger partial charge in [0.2, 0.25) is 0 Å². The molecule has 6 heteroatoms. The lowest BCUT2D eigenvalue weighted by atomic mass is 10.2. The molecule has 0 saturated heterocycles. The van der Waals surface area contributed by atoms with E-state index in [-0.39, 0.29) is 23.6 Å². The van der Waals surface area contributed by atoms with Crippen molar-refractivity contribution in [2.45, 2.75) is 12.8 Å². The summed E-state index contributed by atoms with van der Waals surface area (Å²) >= 11 is 0. The predicted octanol–water partition coefficient (Wildman–Crippen LogP) is 1.30. The van der Waals surface area contributed by atoms with Crippen LogP contribution in [0.25, 0.3) is 0 Å². The fourth-order valence-corrected chi connectivity index (χ4v) is 1.33. The van der Waals surface area contributed by atoms with Crippen molar-refractivity contribution in [3.05, 3.63) is 23.8 Å². The smallest absolute Gasteiger partial charge is 0.337 e. The Hall–Kier alpha value is -2.24. The minimum Gasteiger partial charge on any atom is -0.494 e. The standard InChI is InChI=1S/C12H15NO5/c1-17-11(14)3-2-6-18-8-4-5-9(12(15)16)10(13)7-8/h4-5,7H,2-3,6,13H2,1H3,(H,15,16). The summed E-state index contributed by atoms with van der Waals surface area (Å²) in [6.45, 7) is 0.334. The van der Waals surface area contributed by atoms with E-state index in [4.69, 9.17) is 15.6 Å². The van der Waals surface area contributed by atoms with Gasteiger partial charge >= 0.3 is 11.9 Å². The second-order valence-corrected chi connectivity index (χ2v) is 3.58. The van der Waals surface area contributed by atoms with Gasteiger partial charge in [-0.2, -0.15) is 0 Å². The Morgan fingerprint density at radius 2 is 2.11 bits per heavy atom. The van der Waals surface area contributed by atoms with Gasteiger partial charge in [-0.3, -0.25) is 4.79 Å². The van der Waals surface area contributed by atoms with Crippen molar-refractivity contribution < 1.29 is 24.2 Å². The van der Waals surface area contributed by atoms with Gasteiger partial charge in [0.15, 0.2) is 0 Å². The quantitative estimate of drug-likeness (QED) is 0.450. The van der Waals surface area contributed by atoms with Gasteiger partial charge in [0.05, 0.1) is 19.3 Å². The monoisotopic (exact) mass is 253 g/mol. The highest BCUT2D eigenvalue weighted by molar-refractivity contribution is 5.93. The molecule has 0 aromatic heterocycles. The first-order valence-electron chi connectivity index (χ1n) is 5.37. The zero-order chi connectivity index (χ0) is 13.5. The van der Waals surface area contributed by atoms with E-state index in [1.54, 1.807) is 0 Å². The molecular weight excluding hydrogens is 238 g/mol. The topological polar surface area (TPSA) is 98.8 Å². The number of hydrogen-bond acceptors (Lipinski definition) is 5. The zero-order valence-electron chi connectivity index (χ0n) is 10.0. The number of benzene rings is 1. The van der Waals surface area contributed by atoms with Crippen molar-refractivity contribution in [2.75, 3.05) is 19.5 Å². The van der Waals surface area contributed by atoms with Crippen molar-refractivity contribution in [3.63, 3.8) is 0 Å². The van der Waals surface area contributed by atoms with Crippen LogP contribution in [0.15, 0.2) is 18.2 Å². The molecule has 0 bridgehead atoms. The first-order valence-corrected chi connectivity index (χ1v) is 5.37. The predicted molar refractivity (Wildman–Crippen MR) is 64.6 cm³/mol. The molecule has 0 saturated carbocycles. The number of carbonyl (C=O) groups excluding carboxylic acids is 1. The van der Waals surface area contributed by atoms with Gasteiger partial charge in [0, 0.05) is 18.2 Å². The molecule has 1 rings (SSSR count). The molecule has 6 nitrogen and oxygen atoms in total. The number of aromatic carboxylic acids is 1. The third-order valence-corrected chi connectivity index (χ3v) is 2.28. The molecule has 3 N–H and O–H groups in total. The van der Waals surface area contributed by atoms with Gasteiger partial charge in [0.1, 0.15) is 5.75 Å². The van der Waals surface area contributed by atoms with E-state index in [0.29, 0.717) is 18.8 Å². The van der Waals surface area contributed by atoms with Gasteiger partial charge in [-0.15, -0.1) is 0 Å². The summed E-state index contributed by atoms with van der Waals surface area (Å²) in [5.74, 6) is -0.897. The van der Waals surface area contributed by atoms with Crippen molar-refractivity contribution in [1.82, 2.24) is 0 Å². The van der Waals surface area contributed by atoms with Crippen LogP contribution >= 0.6 is 0 Å². The van der Waals surface area contributed by atoms with E-state index >= 15 is 0 Å². The maximum Gasteiger partial charge on any atom is 0.337 e. The molecule has 18 heavy (non-hydrogen) atoms. The fourth-order valence-electron chi connectivity index (χ4n) is 1.33. The lowest BCUT2D eigenvalue weighted by molar-refractivity contribution is -0.140. The van der Waals surface area contributed by atoms with Crippen LogP contribution in [0.5, 0.6) is 5.75 Å². The minimum atomic E-state index is -1.08. The molecule has 0 aliphatic heterocycles. The lowest BCUT2D eigenvalue weighted by Crippen LogP contribution is -2.06. The molecule has 1 aromatic rings. The van der Waals surface area contributed by atoms with E-state index in [1.807, 2.05) is 0 Å². The van der Waals surface area contributed by atoms with Gasteiger partial charge in [-0.05, 0) is 18.6 Å². The lowest BCUT2D eigenvalue weighted by Gasteiger charge is -2.07. The van der Waals surface area contributed by atoms with Crippen LogP contribution in [-0.2, 0) is 9.53 Å². The van der Waals surface area contributed by atoms with Crippen molar-refractivity contribution in [3.8, 4) is 5.75 Å². The van der Waals surface area contributed by atoms with Crippen molar-refractivity contribution in [2.24, 2.45) is 0 Å². The number of hydrogen-bond donors (Lipinski definition) is 2. The third-order valence-electron chi connectivity index (χ3n) is 2.28. The number of carboxylic acid groups (broad SMARTS) is 1. The SMILES string of the molecule is COC(=O)CCCOc1ccc(C(=O)O)c(N)c1. The summed E-state index contributed by atoms with van der Waals surface area (Å²) in [5.41, 5.74) is 5.75. The van der Waals surface area contributed by atoms with Gasteiger partial charge in [-0.25, -0.2) is 4.79 Å². The average molecular weight is 253 g/mol. The fraction of sp³-hybridized carbons (Fsp3) is 0.333. The Labute approximate surface area is 104 Å². The summed E-state index contributed by atoms with van der Waals surface area (Å²) in [6.07, 6.45) is 0.798. The Kier molecular flexibility index (Phi) is 4.98. The normalized spacial score (nSPS) is 9.83. The maximum atomic E-state index is 10.8. The Bertz CT molecular complexity index is 444. The van der Waals surface area contributed by atoms with E-state index in [1.165, 1.54) is 25.3 Å². The third kappa shape index (κ3) is 3.97. The van der Waals surface area contributed by atoms with E-state index in [9.17, 15) is 9.59 Å². The molecule has 0 radical (unpaired) electrons. The number of rotatable bonds is 6. The highest BCUT2D eigenvalue weighted by atomic mass is 16.5. The van der Waals surface area contributed by atoms with Gasteiger partial charge in [-0.1, -0.05) is 0 Å². The molecule has 0 heterocycles. The summed E-state index contributed by atoms with van der Waals surface area (Å²) in [7, 11) is 1.33. The molecule has 0 fully saturated rings. The van der Waals surface area contributed by atoms with Crippen molar-refractivity contribution in [1.29, 1.82) is 0 Å². The second-order valence-electron chi connectivity index (χ2n) is 3.58. The second kappa shape index (κ2) is 6.48. The molecule has 1 aromatic carbocycles. The van der Waals surface area contributed by atoms with Gasteiger partial charge in [0.25, 0.3) is 0 Å². The van der Waals surface area contributed by atoms with Crippen LogP contribution < -0.4 is 10.5 Å². The summed E-state index contributed by atoms with van der Waals surface area (Å²) in [4.78, 5) is 21.6.